The second-order valence-electron chi connectivity index (χ2n) is 34.5. The minimum absolute atomic E-state index is 0. The Balaban J connectivity index is 0.000000179. The Hall–Kier alpha value is -13.8. The summed E-state index contributed by atoms with van der Waals surface area (Å²) in [6, 6.07) is 53.6. The summed E-state index contributed by atoms with van der Waals surface area (Å²) in [4.78, 5) is 79.0. The Labute approximate surface area is 883 Å². The van der Waals surface area contributed by atoms with Crippen molar-refractivity contribution in [1.82, 2.24) is 98.1 Å². The first-order chi connectivity index (χ1) is 69.0. The minimum atomic E-state index is -0.337. The number of carbonyl (C=O) groups is 6. The van der Waals surface area contributed by atoms with E-state index in [9.17, 15) is 33.2 Å². The number of aryl methyl sites for hydroxylation is 1. The molecule has 7 aromatic carbocycles. The van der Waals surface area contributed by atoms with Gasteiger partial charge in [-0.15, -0.1) is 83.9 Å². The predicted molar refractivity (Wildman–Crippen MR) is 594 cm³/mol. The summed E-state index contributed by atoms with van der Waals surface area (Å²) in [7, 11) is 0. The number of rotatable bonds is 30. The molecule has 0 radical (unpaired) electrons. The van der Waals surface area contributed by atoms with E-state index in [1.54, 1.807) is 60.1 Å². The number of thiazole rings is 1. The van der Waals surface area contributed by atoms with Crippen LogP contribution in [0.25, 0.3) is 36.2 Å². The third kappa shape index (κ3) is 35.9. The van der Waals surface area contributed by atoms with Crippen LogP contribution < -0.4 is 66.3 Å². The molecule has 6 atom stereocenters. The van der Waals surface area contributed by atoms with Crippen LogP contribution in [0, 0.1) is 12.7 Å². The lowest BCUT2D eigenvalue weighted by atomic mass is 9.90. The lowest BCUT2D eigenvalue weighted by molar-refractivity contribution is -0.120. The van der Waals surface area contributed by atoms with Gasteiger partial charge in [0.2, 0.25) is 35.4 Å². The van der Waals surface area contributed by atoms with Crippen LogP contribution in [0.2, 0.25) is 0 Å². The topological polar surface area (TPSA) is 511 Å². The summed E-state index contributed by atoms with van der Waals surface area (Å²) in [6.45, 7) is 10.9. The number of benzene rings is 7. The Kier molecular flexibility index (Phi) is 44.7. The Morgan fingerprint density at radius 3 is 0.945 bits per heavy atom. The summed E-state index contributed by atoms with van der Waals surface area (Å²) >= 11 is 12.1. The standard InChI is InChI=1S/C19H19FN4OS.2C18H24N4OS.C16H17N5OS.C16H16N4OS2.C15H15N5OS2.3CH4/c1-11-3-8-15(16(20)9-11)18-23-24-19(26-18)17(22-12(2)25)10-13-4-6-14(21)7-5-13;2*1-12(23)20-16(11-13-7-9-15(19)10-8-13)18-22-21-17(24-18)14-5-3-2-4-6-14;1-10(22)19-14(9-11-4-6-12(17)7-5-11)16-21-20-15(23-16)13-3-2-8-18-13;1-10(21)18-13(9-11-4-6-12(17)7-5-11)15-19-20-16(23-15)14-3-2-8-22-14;1-9(21)18-12(8-10-2-4-11(16)5-3-10)13-19-20-15(23-13)14-17-6-7-22-14;;;/h3-9,17H,10,21H2,1-2H3,(H,22,25);2*7-10,14,16H,2-6,11,19H2,1H3,(H,20,23);3-8,14H,2,9,17H2,1H3,(H,19,22);2-8,13H,9,17H2,1H3,(H,18,21);2-7,12H,8,16H2,1H3,(H,18,21);3*1H4/t17-;2*16-;14-;13-;12-;;;/m000000.../s1. The average Bonchev–Trinajstić information content (AvgIpc) is 1.65. The molecule has 9 heterocycles. The van der Waals surface area contributed by atoms with E-state index in [4.69, 9.17) is 34.4 Å². The van der Waals surface area contributed by atoms with Crippen molar-refractivity contribution in [3.63, 3.8) is 0 Å². The fourth-order valence-electron chi connectivity index (χ4n) is 15.7. The Morgan fingerprint density at radius 1 is 0.342 bits per heavy atom. The molecule has 41 heteroatoms. The number of hydrogen-bond donors (Lipinski definition) is 12. The number of aromatic nitrogens is 13. The number of nitrogens with zero attached hydrogens (tertiary/aromatic N) is 14. The molecule has 0 bridgehead atoms. The Bertz CT molecular complexity index is 6410. The highest BCUT2D eigenvalue weighted by molar-refractivity contribution is 7.21. The molecule has 768 valence electrons. The number of allylic oxidation sites excluding steroid dienone is 1. The third-order valence-electron chi connectivity index (χ3n) is 22.7. The summed E-state index contributed by atoms with van der Waals surface area (Å²) in [5.74, 6) is 0.204. The molecule has 6 amide bonds. The molecule has 0 unspecified atom stereocenters. The second kappa shape index (κ2) is 57.2. The quantitative estimate of drug-likeness (QED) is 0.0186. The number of nitrogen functional groups attached to an aromatic ring is 6. The van der Waals surface area contributed by atoms with Gasteiger partial charge in [-0.25, -0.2) is 9.37 Å². The average molecular weight is 2120 g/mol. The lowest BCUT2D eigenvalue weighted by Gasteiger charge is -2.18. The van der Waals surface area contributed by atoms with Crippen LogP contribution in [0.3, 0.4) is 0 Å². The maximum Gasteiger partial charge on any atom is 0.217 e. The summed E-state index contributed by atoms with van der Waals surface area (Å²) in [5, 5.41) is 83.7. The number of halogens is 1. The van der Waals surface area contributed by atoms with E-state index in [2.05, 4.69) is 103 Å². The van der Waals surface area contributed by atoms with E-state index < -0.39 is 0 Å². The fraction of sp³-hybridized carbons (Fsp3) is 0.333. The number of amides is 6. The monoisotopic (exact) mass is 2120 g/mol. The van der Waals surface area contributed by atoms with Gasteiger partial charge in [0.25, 0.3) is 0 Å². The van der Waals surface area contributed by atoms with Gasteiger partial charge in [0.15, 0.2) is 25.0 Å². The molecule has 2 fully saturated rings. The lowest BCUT2D eigenvalue weighted by Crippen LogP contribution is -2.27. The fourth-order valence-corrected chi connectivity index (χ4v) is 22.9. The summed E-state index contributed by atoms with van der Waals surface area (Å²) in [5.41, 5.74) is 47.3. The van der Waals surface area contributed by atoms with E-state index in [1.807, 2.05) is 194 Å². The number of anilines is 6. The SMILES string of the molecule is C.C.C.CC(=O)N[C@@H](Cc1ccc(N)cc1)c1nnc(-c2ccc(C)cc2F)s1.CC(=O)N[C@@H](Cc1ccc(N)cc1)c1nnc(-c2cccs2)s1.CC(=O)N[C@@H](Cc1ccc(N)cc1)c1nnc(-c2nccs2)s1.CC(=O)N[C@@H](Cc1ccc(N)cc1)c1nnc(C2=CCC=N2)s1.CC(=O)N[C@@H](Cc1ccc(N)cc1)c1nnc(C2CCCCC2)s1.CC(=O)N[C@@H](Cc1ccc(N)cc1)c1nnc(C2CCCCC2)s1. The van der Waals surface area contributed by atoms with Crippen molar-refractivity contribution < 1.29 is 33.2 Å². The van der Waals surface area contributed by atoms with Crippen LogP contribution in [0.4, 0.5) is 38.5 Å². The van der Waals surface area contributed by atoms with Gasteiger partial charge < -0.3 is 66.3 Å². The van der Waals surface area contributed by atoms with E-state index in [1.165, 1.54) is 155 Å². The first-order valence-corrected chi connectivity index (χ1v) is 53.3. The number of carbonyl (C=O) groups excluding carboxylic acids is 6. The van der Waals surface area contributed by atoms with Crippen molar-refractivity contribution in [2.45, 2.75) is 228 Å². The zero-order valence-electron chi connectivity index (χ0n) is 80.1. The third-order valence-corrected chi connectivity index (χ3v) is 31.3. The van der Waals surface area contributed by atoms with Crippen LogP contribution >= 0.6 is 90.7 Å². The van der Waals surface area contributed by atoms with Crippen LogP contribution in [0.15, 0.2) is 204 Å². The van der Waals surface area contributed by atoms with Crippen molar-refractivity contribution in [1.29, 1.82) is 0 Å². The molecule has 2 saturated carbocycles. The number of hydrogen-bond acceptors (Lipinski definition) is 34. The minimum Gasteiger partial charge on any atom is -0.399 e. The van der Waals surface area contributed by atoms with Gasteiger partial charge in [0.1, 0.15) is 45.9 Å². The normalized spacial score (nSPS) is 13.7. The second-order valence-corrected chi connectivity index (χ2v) is 42.5. The van der Waals surface area contributed by atoms with Crippen molar-refractivity contribution in [3.05, 3.63) is 289 Å². The smallest absolute Gasteiger partial charge is 0.217 e. The zero-order chi connectivity index (χ0) is 101. The first-order valence-electron chi connectivity index (χ1n) is 46.6. The van der Waals surface area contributed by atoms with Gasteiger partial charge in [-0.1, -0.05) is 220 Å². The molecule has 8 aromatic heterocycles. The molecule has 1 aliphatic heterocycles. The number of thiophene rings is 1. The van der Waals surface area contributed by atoms with Crippen LogP contribution in [0.5, 0.6) is 0 Å². The molecule has 3 aliphatic rings. The largest absolute Gasteiger partial charge is 0.399 e. The van der Waals surface area contributed by atoms with Crippen molar-refractivity contribution in [2.24, 2.45) is 4.99 Å². The highest BCUT2D eigenvalue weighted by Gasteiger charge is 2.30. The molecule has 146 heavy (non-hydrogen) atoms. The van der Waals surface area contributed by atoms with Gasteiger partial charge in [0.05, 0.1) is 46.8 Å². The summed E-state index contributed by atoms with van der Waals surface area (Å²) < 4.78 is 14.2. The van der Waals surface area contributed by atoms with Crippen LogP contribution in [0.1, 0.15) is 267 Å². The number of nitrogens with one attached hydrogen (secondary N) is 6. The van der Waals surface area contributed by atoms with Crippen LogP contribution in [-0.4, -0.2) is 108 Å². The zero-order valence-corrected chi connectivity index (χ0v) is 86.6. The van der Waals surface area contributed by atoms with Gasteiger partial charge in [-0.05, 0) is 206 Å². The number of aliphatic imine (C=N–C) groups is 1. The summed E-state index contributed by atoms with van der Waals surface area (Å²) in [6.07, 6.45) is 22.9. The highest BCUT2D eigenvalue weighted by Crippen LogP contribution is 2.41. The van der Waals surface area contributed by atoms with Gasteiger partial charge in [-0.3, -0.25) is 33.8 Å². The maximum absolute atomic E-state index is 14.2. The van der Waals surface area contributed by atoms with Crippen LogP contribution in [-0.2, 0) is 67.3 Å². The molecule has 15 aromatic rings. The first kappa shape index (κ1) is 114. The van der Waals surface area contributed by atoms with Crippen molar-refractivity contribution >= 4 is 172 Å². The molecule has 0 spiro atoms. The van der Waals surface area contributed by atoms with Crippen molar-refractivity contribution in [2.75, 3.05) is 34.4 Å². The van der Waals surface area contributed by atoms with E-state index in [-0.39, 0.29) is 99.8 Å². The van der Waals surface area contributed by atoms with Gasteiger partial charge in [0, 0.05) is 117 Å². The molecular formula is C105H127FN26O6S8. The van der Waals surface area contributed by atoms with E-state index in [0.29, 0.717) is 83.0 Å². The molecular weight excluding hydrogens is 2000 g/mol. The van der Waals surface area contributed by atoms with Crippen molar-refractivity contribution in [3.8, 4) is 30.5 Å². The van der Waals surface area contributed by atoms with Gasteiger partial charge >= 0.3 is 0 Å². The molecule has 0 saturated heterocycles. The maximum atomic E-state index is 14.2. The molecule has 32 nitrogen and oxygen atoms in total. The van der Waals surface area contributed by atoms with Gasteiger partial charge in [-0.2, -0.15) is 0 Å². The molecule has 2 aliphatic carbocycles. The highest BCUT2D eigenvalue weighted by atomic mass is 32.1. The van der Waals surface area contributed by atoms with E-state index >= 15 is 0 Å². The van der Waals surface area contributed by atoms with E-state index in [0.717, 1.165) is 128 Å². The predicted octanol–water partition coefficient (Wildman–Crippen LogP) is 21.0. The number of nitrogens with two attached hydrogens (primary N) is 6. The molecule has 18 rings (SSSR count). The Morgan fingerprint density at radius 2 is 0.644 bits per heavy atom. The molecule has 18 N–H and O–H groups in total.